The first kappa shape index (κ1) is 14.0. The van der Waals surface area contributed by atoms with Crippen LogP contribution in [0.15, 0.2) is 15.9 Å². The highest BCUT2D eigenvalue weighted by Crippen LogP contribution is 2.06. The van der Waals surface area contributed by atoms with Crippen LogP contribution < -0.4 is 17.0 Å². The number of carboxylic acid groups (broad SMARTS) is 1. The third-order valence-corrected chi connectivity index (χ3v) is 3.22. The summed E-state index contributed by atoms with van der Waals surface area (Å²) in [7, 11) is 2.90. The Kier molecular flexibility index (Phi) is 3.45. The molecule has 2 heterocycles. The van der Waals surface area contributed by atoms with E-state index in [-0.39, 0.29) is 24.1 Å². The fraction of sp³-hybridized carbons (Fsp3) is 0.455. The van der Waals surface area contributed by atoms with Gasteiger partial charge in [-0.05, 0) is 6.42 Å². The van der Waals surface area contributed by atoms with Gasteiger partial charge in [0.1, 0.15) is 6.04 Å². The van der Waals surface area contributed by atoms with Crippen molar-refractivity contribution in [3.63, 3.8) is 0 Å². The number of carbonyl (C=O) groups is 1. The van der Waals surface area contributed by atoms with E-state index in [1.54, 1.807) is 0 Å². The fourth-order valence-corrected chi connectivity index (χ4v) is 1.97. The topological polar surface area (TPSA) is 125 Å². The van der Waals surface area contributed by atoms with Crippen LogP contribution in [0.2, 0.25) is 0 Å². The van der Waals surface area contributed by atoms with Gasteiger partial charge < -0.3 is 15.4 Å². The molecule has 2 rings (SSSR count). The summed E-state index contributed by atoms with van der Waals surface area (Å²) in [5.41, 5.74) is 5.02. The van der Waals surface area contributed by atoms with Gasteiger partial charge in [-0.3, -0.25) is 18.7 Å². The maximum Gasteiger partial charge on any atom is 0.332 e. The average Bonchev–Trinajstić information content (AvgIpc) is 2.83. The van der Waals surface area contributed by atoms with E-state index in [4.69, 9.17) is 10.8 Å². The van der Waals surface area contributed by atoms with Crippen LogP contribution in [0.5, 0.6) is 0 Å². The monoisotopic (exact) mass is 281 g/mol. The maximum absolute atomic E-state index is 12.1. The molecule has 0 aliphatic heterocycles. The van der Waals surface area contributed by atoms with E-state index in [0.717, 1.165) is 4.57 Å². The van der Waals surface area contributed by atoms with Crippen LogP contribution in [0.1, 0.15) is 6.42 Å². The smallest absolute Gasteiger partial charge is 0.332 e. The quantitative estimate of drug-likeness (QED) is 0.683. The molecule has 0 aliphatic carbocycles. The zero-order chi connectivity index (χ0) is 15.0. The second-order valence-corrected chi connectivity index (χ2v) is 4.55. The van der Waals surface area contributed by atoms with Crippen molar-refractivity contribution in [2.75, 3.05) is 0 Å². The van der Waals surface area contributed by atoms with Gasteiger partial charge in [-0.2, -0.15) is 0 Å². The first-order valence-electron chi connectivity index (χ1n) is 5.93. The molecule has 0 saturated carbocycles. The lowest BCUT2D eigenvalue weighted by Crippen LogP contribution is -2.37. The Bertz CT molecular complexity index is 784. The number of imidazole rings is 1. The zero-order valence-corrected chi connectivity index (χ0v) is 11.1. The number of fused-ring (bicyclic) bond motifs is 1. The van der Waals surface area contributed by atoms with Gasteiger partial charge in [0, 0.05) is 20.6 Å². The maximum atomic E-state index is 12.1. The minimum atomic E-state index is -1.10. The lowest BCUT2D eigenvalue weighted by Gasteiger charge is -2.08. The van der Waals surface area contributed by atoms with Crippen LogP contribution in [0.3, 0.4) is 0 Å². The molecule has 0 saturated heterocycles. The number of hydrogen-bond acceptors (Lipinski definition) is 5. The third kappa shape index (κ3) is 2.11. The Labute approximate surface area is 112 Å². The molecule has 0 bridgehead atoms. The Balaban J connectivity index is 2.50. The molecule has 2 aromatic heterocycles. The molecule has 0 aromatic carbocycles. The highest BCUT2D eigenvalue weighted by atomic mass is 16.4. The molecule has 9 heteroatoms. The van der Waals surface area contributed by atoms with Crippen molar-refractivity contribution in [2.24, 2.45) is 19.8 Å². The van der Waals surface area contributed by atoms with Crippen LogP contribution in [0.4, 0.5) is 0 Å². The molecule has 1 atom stereocenters. The van der Waals surface area contributed by atoms with Crippen molar-refractivity contribution in [1.82, 2.24) is 18.7 Å². The lowest BCUT2D eigenvalue weighted by molar-refractivity contribution is -0.138. The van der Waals surface area contributed by atoms with Gasteiger partial charge >= 0.3 is 11.7 Å². The van der Waals surface area contributed by atoms with Crippen molar-refractivity contribution >= 4 is 17.1 Å². The van der Waals surface area contributed by atoms with Crippen LogP contribution in [0, 0.1) is 0 Å². The van der Waals surface area contributed by atoms with Crippen LogP contribution >= 0.6 is 0 Å². The molecule has 2 aromatic rings. The predicted molar refractivity (Wildman–Crippen MR) is 70.4 cm³/mol. The summed E-state index contributed by atoms with van der Waals surface area (Å²) in [6.45, 7) is 0.234. The molecule has 0 radical (unpaired) electrons. The zero-order valence-electron chi connectivity index (χ0n) is 11.1. The van der Waals surface area contributed by atoms with E-state index in [2.05, 4.69) is 4.98 Å². The summed E-state index contributed by atoms with van der Waals surface area (Å²) in [4.78, 5) is 38.6. The number of nitrogens with zero attached hydrogens (tertiary/aromatic N) is 4. The van der Waals surface area contributed by atoms with E-state index in [1.165, 1.54) is 29.6 Å². The Hall–Kier alpha value is -2.42. The number of rotatable bonds is 4. The Morgan fingerprint density at radius 1 is 1.40 bits per heavy atom. The molecule has 0 unspecified atom stereocenters. The lowest BCUT2D eigenvalue weighted by atomic mass is 10.2. The highest BCUT2D eigenvalue weighted by Gasteiger charge is 2.16. The SMILES string of the molecule is Cn1c(=O)c2c(ncn2CC[C@@H](N)C(=O)O)n(C)c1=O. The molecule has 108 valence electrons. The van der Waals surface area contributed by atoms with Crippen LogP contribution in [0.25, 0.3) is 11.2 Å². The van der Waals surface area contributed by atoms with E-state index in [9.17, 15) is 14.4 Å². The molecular formula is C11H15N5O4. The van der Waals surface area contributed by atoms with Crippen molar-refractivity contribution in [2.45, 2.75) is 19.0 Å². The average molecular weight is 281 g/mol. The number of carboxylic acids is 1. The summed E-state index contributed by atoms with van der Waals surface area (Å²) in [5.74, 6) is -1.10. The standard InChI is InChI=1S/C11H15N5O4/c1-14-8-7(9(17)15(2)11(14)20)16(5-13-8)4-3-6(12)10(18)19/h5-6H,3-4,12H2,1-2H3,(H,18,19)/t6-/m1/s1. The minimum Gasteiger partial charge on any atom is -0.480 e. The van der Waals surface area contributed by atoms with Crippen molar-refractivity contribution in [3.8, 4) is 0 Å². The highest BCUT2D eigenvalue weighted by molar-refractivity contribution is 5.73. The summed E-state index contributed by atoms with van der Waals surface area (Å²) >= 11 is 0. The van der Waals surface area contributed by atoms with E-state index in [0.29, 0.717) is 0 Å². The number of hydrogen-bond donors (Lipinski definition) is 2. The fourth-order valence-electron chi connectivity index (χ4n) is 1.97. The molecule has 3 N–H and O–H groups in total. The Morgan fingerprint density at radius 3 is 2.65 bits per heavy atom. The number of nitrogens with two attached hydrogens (primary N) is 1. The predicted octanol–water partition coefficient (Wildman–Crippen LogP) is -1.76. The van der Waals surface area contributed by atoms with Crippen LogP contribution in [-0.2, 0) is 25.4 Å². The molecule has 0 amide bonds. The largest absolute Gasteiger partial charge is 0.480 e. The van der Waals surface area contributed by atoms with Crippen LogP contribution in [-0.4, -0.2) is 35.8 Å². The van der Waals surface area contributed by atoms with Crippen molar-refractivity contribution in [1.29, 1.82) is 0 Å². The van der Waals surface area contributed by atoms with Gasteiger partial charge in [0.05, 0.1) is 6.33 Å². The molecule has 20 heavy (non-hydrogen) atoms. The second-order valence-electron chi connectivity index (χ2n) is 4.55. The summed E-state index contributed by atoms with van der Waals surface area (Å²) in [5, 5.41) is 8.74. The Morgan fingerprint density at radius 2 is 2.05 bits per heavy atom. The summed E-state index contributed by atoms with van der Waals surface area (Å²) < 4.78 is 3.77. The van der Waals surface area contributed by atoms with E-state index >= 15 is 0 Å². The first-order chi connectivity index (χ1) is 9.34. The first-order valence-corrected chi connectivity index (χ1v) is 5.93. The summed E-state index contributed by atoms with van der Waals surface area (Å²) in [6, 6.07) is -1.01. The van der Waals surface area contributed by atoms with Gasteiger partial charge in [-0.15, -0.1) is 0 Å². The van der Waals surface area contributed by atoms with Gasteiger partial charge in [0.15, 0.2) is 11.2 Å². The minimum absolute atomic E-state index is 0.160. The van der Waals surface area contributed by atoms with Crippen molar-refractivity contribution < 1.29 is 9.90 Å². The molecule has 9 nitrogen and oxygen atoms in total. The number of aryl methyl sites for hydroxylation is 2. The van der Waals surface area contributed by atoms with Crippen molar-refractivity contribution in [3.05, 3.63) is 27.2 Å². The number of aliphatic carboxylic acids is 1. The van der Waals surface area contributed by atoms with Gasteiger partial charge in [0.2, 0.25) is 0 Å². The van der Waals surface area contributed by atoms with E-state index in [1.807, 2.05) is 0 Å². The number of aromatic nitrogens is 4. The van der Waals surface area contributed by atoms with Gasteiger partial charge in [-0.1, -0.05) is 0 Å². The molecule has 0 aliphatic rings. The third-order valence-electron chi connectivity index (χ3n) is 3.22. The molecule has 0 fully saturated rings. The normalized spacial score (nSPS) is 12.8. The molecule has 0 spiro atoms. The van der Waals surface area contributed by atoms with Gasteiger partial charge in [-0.25, -0.2) is 9.78 Å². The second kappa shape index (κ2) is 4.93. The molecular weight excluding hydrogens is 266 g/mol. The summed E-state index contributed by atoms with van der Waals surface area (Å²) in [6.07, 6.45) is 1.56. The van der Waals surface area contributed by atoms with E-state index < -0.39 is 23.3 Å². The van der Waals surface area contributed by atoms with Gasteiger partial charge in [0.25, 0.3) is 5.56 Å².